The lowest BCUT2D eigenvalue weighted by molar-refractivity contribution is 0.340. The second-order valence-corrected chi connectivity index (χ2v) is 4.53. The van der Waals surface area contributed by atoms with Gasteiger partial charge >= 0.3 is 0 Å². The highest BCUT2D eigenvalue weighted by Gasteiger charge is 2.11. The monoisotopic (exact) mass is 219 g/mol. The fourth-order valence-electron chi connectivity index (χ4n) is 1.81. The molecule has 0 N–H and O–H groups in total. The van der Waals surface area contributed by atoms with Crippen molar-refractivity contribution in [3.8, 4) is 0 Å². The maximum Gasteiger partial charge on any atom is 0.110 e. The third-order valence-corrected chi connectivity index (χ3v) is 2.20. The SMILES string of the molecule is CC(C)=NC1=CC(=C(N(C)C)N(C)C)C=C1. The van der Waals surface area contributed by atoms with Crippen LogP contribution in [0.1, 0.15) is 13.8 Å². The molecule has 3 heteroatoms. The van der Waals surface area contributed by atoms with E-state index < -0.39 is 0 Å². The Kier molecular flexibility index (Phi) is 3.93. The van der Waals surface area contributed by atoms with Gasteiger partial charge in [0.1, 0.15) is 5.82 Å². The van der Waals surface area contributed by atoms with Crippen molar-refractivity contribution in [2.75, 3.05) is 28.2 Å². The quantitative estimate of drug-likeness (QED) is 0.678. The highest BCUT2D eigenvalue weighted by molar-refractivity contribution is 5.80. The van der Waals surface area contributed by atoms with Crippen LogP contribution in [0, 0.1) is 0 Å². The Morgan fingerprint density at radius 1 is 1.00 bits per heavy atom. The van der Waals surface area contributed by atoms with Gasteiger partial charge in [-0.3, -0.25) is 4.99 Å². The predicted molar refractivity (Wildman–Crippen MR) is 70.4 cm³/mol. The molecule has 1 aliphatic carbocycles. The van der Waals surface area contributed by atoms with Crippen molar-refractivity contribution in [3.63, 3.8) is 0 Å². The predicted octanol–water partition coefficient (Wildman–Crippen LogP) is 2.26. The maximum absolute atomic E-state index is 4.45. The van der Waals surface area contributed by atoms with Crippen LogP contribution in [0.3, 0.4) is 0 Å². The molecule has 1 aliphatic rings. The molecule has 0 saturated heterocycles. The fourth-order valence-corrected chi connectivity index (χ4v) is 1.81. The summed E-state index contributed by atoms with van der Waals surface area (Å²) in [6.45, 7) is 4.02. The van der Waals surface area contributed by atoms with Crippen LogP contribution in [0.4, 0.5) is 0 Å². The molecule has 0 saturated carbocycles. The first-order valence-corrected chi connectivity index (χ1v) is 5.42. The summed E-state index contributed by atoms with van der Waals surface area (Å²) in [5.41, 5.74) is 3.31. The molecule has 0 spiro atoms. The average molecular weight is 219 g/mol. The van der Waals surface area contributed by atoms with Crippen LogP contribution in [0.2, 0.25) is 0 Å². The number of hydrogen-bond donors (Lipinski definition) is 0. The van der Waals surface area contributed by atoms with Crippen molar-refractivity contribution in [1.29, 1.82) is 0 Å². The van der Waals surface area contributed by atoms with Crippen LogP contribution in [0.5, 0.6) is 0 Å². The standard InChI is InChI=1S/C13H21N3/c1-10(2)14-12-8-7-11(9-12)13(15(3)4)16(5)6/h7-9H,1-6H3. The van der Waals surface area contributed by atoms with Gasteiger partial charge in [-0.1, -0.05) is 0 Å². The first kappa shape index (κ1) is 12.6. The molecule has 88 valence electrons. The van der Waals surface area contributed by atoms with E-state index in [2.05, 4.69) is 61.2 Å². The van der Waals surface area contributed by atoms with Crippen molar-refractivity contribution < 1.29 is 0 Å². The summed E-state index contributed by atoms with van der Waals surface area (Å²) >= 11 is 0. The Labute approximate surface area is 98.5 Å². The maximum atomic E-state index is 4.45. The molecular formula is C13H21N3. The van der Waals surface area contributed by atoms with Gasteiger partial charge in [0.25, 0.3) is 0 Å². The lowest BCUT2D eigenvalue weighted by Crippen LogP contribution is -2.25. The molecule has 16 heavy (non-hydrogen) atoms. The summed E-state index contributed by atoms with van der Waals surface area (Å²) in [4.78, 5) is 8.67. The normalized spacial score (nSPS) is 13.6. The summed E-state index contributed by atoms with van der Waals surface area (Å²) in [6.07, 6.45) is 6.27. The molecule has 1 rings (SSSR count). The van der Waals surface area contributed by atoms with Gasteiger partial charge in [0.05, 0.1) is 5.70 Å². The first-order valence-electron chi connectivity index (χ1n) is 5.42. The number of nitrogens with zero attached hydrogens (tertiary/aromatic N) is 3. The molecule has 0 aromatic rings. The minimum absolute atomic E-state index is 1.02. The highest BCUT2D eigenvalue weighted by atomic mass is 15.3. The zero-order valence-electron chi connectivity index (χ0n) is 11.1. The van der Waals surface area contributed by atoms with E-state index in [0.29, 0.717) is 0 Å². The van der Waals surface area contributed by atoms with E-state index >= 15 is 0 Å². The minimum atomic E-state index is 1.02. The van der Waals surface area contributed by atoms with Gasteiger partial charge in [-0.25, -0.2) is 0 Å². The van der Waals surface area contributed by atoms with Crippen molar-refractivity contribution in [3.05, 3.63) is 35.3 Å². The van der Waals surface area contributed by atoms with Crippen LogP contribution in [-0.2, 0) is 0 Å². The van der Waals surface area contributed by atoms with E-state index in [1.807, 2.05) is 13.8 Å². The van der Waals surface area contributed by atoms with Gasteiger partial charge in [-0.2, -0.15) is 0 Å². The van der Waals surface area contributed by atoms with Gasteiger partial charge in [0.15, 0.2) is 0 Å². The van der Waals surface area contributed by atoms with Crippen LogP contribution in [0.25, 0.3) is 0 Å². The molecule has 0 bridgehead atoms. The Balaban J connectivity index is 3.08. The molecule has 0 aromatic carbocycles. The van der Waals surface area contributed by atoms with Crippen molar-refractivity contribution in [1.82, 2.24) is 9.80 Å². The van der Waals surface area contributed by atoms with E-state index in [1.165, 1.54) is 11.4 Å². The second kappa shape index (κ2) is 5.01. The molecule has 0 amide bonds. The first-order chi connectivity index (χ1) is 7.41. The summed E-state index contributed by atoms with van der Waals surface area (Å²) < 4.78 is 0. The summed E-state index contributed by atoms with van der Waals surface area (Å²) in [7, 11) is 8.21. The van der Waals surface area contributed by atoms with E-state index in [0.717, 1.165) is 11.4 Å². The Morgan fingerprint density at radius 3 is 2.00 bits per heavy atom. The minimum Gasteiger partial charge on any atom is -0.364 e. The lowest BCUT2D eigenvalue weighted by atomic mass is 10.2. The molecular weight excluding hydrogens is 198 g/mol. The van der Waals surface area contributed by atoms with Gasteiger partial charge in [0, 0.05) is 39.5 Å². The summed E-state index contributed by atoms with van der Waals surface area (Å²) in [5, 5.41) is 0. The van der Waals surface area contributed by atoms with Crippen LogP contribution in [-0.4, -0.2) is 43.7 Å². The Bertz CT molecular complexity index is 368. The number of allylic oxidation sites excluding steroid dienone is 4. The van der Waals surface area contributed by atoms with E-state index in [1.54, 1.807) is 0 Å². The van der Waals surface area contributed by atoms with Gasteiger partial charge in [0.2, 0.25) is 0 Å². The van der Waals surface area contributed by atoms with E-state index in [9.17, 15) is 0 Å². The molecule has 0 radical (unpaired) electrons. The number of aliphatic imine (C=N–C) groups is 1. The Hall–Kier alpha value is -1.51. The molecule has 0 aliphatic heterocycles. The third kappa shape index (κ3) is 2.99. The topological polar surface area (TPSA) is 18.8 Å². The molecule has 0 heterocycles. The van der Waals surface area contributed by atoms with Crippen LogP contribution >= 0.6 is 0 Å². The average Bonchev–Trinajstić information content (AvgIpc) is 2.50. The highest BCUT2D eigenvalue weighted by Crippen LogP contribution is 2.21. The largest absolute Gasteiger partial charge is 0.364 e. The smallest absolute Gasteiger partial charge is 0.110 e. The zero-order chi connectivity index (χ0) is 12.3. The Morgan fingerprint density at radius 2 is 1.56 bits per heavy atom. The van der Waals surface area contributed by atoms with Crippen LogP contribution in [0.15, 0.2) is 40.3 Å². The summed E-state index contributed by atoms with van der Waals surface area (Å²) in [5.74, 6) is 1.19. The lowest BCUT2D eigenvalue weighted by Gasteiger charge is -2.26. The molecule has 0 unspecified atom stereocenters. The third-order valence-electron chi connectivity index (χ3n) is 2.20. The zero-order valence-corrected chi connectivity index (χ0v) is 11.1. The van der Waals surface area contributed by atoms with Gasteiger partial charge in [-0.05, 0) is 32.1 Å². The van der Waals surface area contributed by atoms with Crippen molar-refractivity contribution >= 4 is 5.71 Å². The molecule has 0 fully saturated rings. The van der Waals surface area contributed by atoms with Crippen LogP contribution < -0.4 is 0 Å². The van der Waals surface area contributed by atoms with Crippen molar-refractivity contribution in [2.24, 2.45) is 4.99 Å². The second-order valence-electron chi connectivity index (χ2n) is 4.53. The molecule has 3 nitrogen and oxygen atoms in total. The fraction of sp³-hybridized carbons (Fsp3) is 0.462. The number of rotatable bonds is 3. The summed E-state index contributed by atoms with van der Waals surface area (Å²) in [6, 6.07) is 0. The van der Waals surface area contributed by atoms with E-state index in [-0.39, 0.29) is 0 Å². The molecule has 0 aromatic heterocycles. The van der Waals surface area contributed by atoms with Gasteiger partial charge < -0.3 is 9.80 Å². The number of hydrogen-bond acceptors (Lipinski definition) is 3. The van der Waals surface area contributed by atoms with E-state index in [4.69, 9.17) is 0 Å². The molecule has 0 atom stereocenters. The van der Waals surface area contributed by atoms with Crippen molar-refractivity contribution in [2.45, 2.75) is 13.8 Å². The van der Waals surface area contributed by atoms with Gasteiger partial charge in [-0.15, -0.1) is 0 Å².